The Kier molecular flexibility index (Phi) is 3.78. The van der Waals surface area contributed by atoms with Crippen molar-refractivity contribution in [1.82, 2.24) is 14.8 Å². The van der Waals surface area contributed by atoms with Gasteiger partial charge in [-0.1, -0.05) is 12.1 Å². The third kappa shape index (κ3) is 2.78. The fourth-order valence-corrected chi connectivity index (χ4v) is 3.91. The van der Waals surface area contributed by atoms with E-state index in [1.807, 2.05) is 35.2 Å². The molecule has 1 aromatic carbocycles. The summed E-state index contributed by atoms with van der Waals surface area (Å²) in [5.41, 5.74) is 1.87. The Morgan fingerprint density at radius 3 is 2.62 bits per heavy atom. The molecule has 1 N–H and O–H groups in total. The largest absolute Gasteiger partial charge is 0.343 e. The molecule has 0 atom stereocenters. The zero-order chi connectivity index (χ0) is 16.5. The smallest absolute Gasteiger partial charge is 0.312 e. The summed E-state index contributed by atoms with van der Waals surface area (Å²) >= 11 is 1.65. The van der Waals surface area contributed by atoms with E-state index in [1.54, 1.807) is 11.3 Å². The van der Waals surface area contributed by atoms with Crippen molar-refractivity contribution in [3.05, 3.63) is 58.1 Å². The molecule has 1 fully saturated rings. The lowest BCUT2D eigenvalue weighted by molar-refractivity contribution is -0.117. The number of hydrogen-bond donors (Lipinski definition) is 1. The number of amides is 1. The normalized spacial score (nSPS) is 14.5. The quantitative estimate of drug-likeness (QED) is 0.793. The maximum Gasteiger partial charge on any atom is 0.343 e. The second kappa shape index (κ2) is 6.09. The molecule has 0 bridgehead atoms. The minimum atomic E-state index is -0.204. The Morgan fingerprint density at radius 2 is 1.96 bits per heavy atom. The van der Waals surface area contributed by atoms with E-state index in [1.165, 1.54) is 10.9 Å². The van der Waals surface area contributed by atoms with Crippen LogP contribution in [-0.2, 0) is 11.3 Å². The van der Waals surface area contributed by atoms with Crippen LogP contribution < -0.4 is 10.6 Å². The number of carbonyl (C=O) groups excluding carboxylic acids is 1. The molecule has 1 saturated heterocycles. The van der Waals surface area contributed by atoms with Gasteiger partial charge in [-0.2, -0.15) is 5.10 Å². The second-order valence-corrected chi connectivity index (χ2v) is 6.92. The van der Waals surface area contributed by atoms with Crippen LogP contribution in [0.2, 0.25) is 0 Å². The summed E-state index contributed by atoms with van der Waals surface area (Å²) in [7, 11) is 0. The first kappa shape index (κ1) is 14.9. The van der Waals surface area contributed by atoms with Crippen LogP contribution in [0.1, 0.15) is 17.7 Å². The van der Waals surface area contributed by atoms with Gasteiger partial charge in [0, 0.05) is 28.4 Å². The standard InChI is InChI=1S/C17H16N4O2S/c22-16-2-1-9-21(16)13-5-3-12(4-6-13)15-8-7-14(24-15)10-20-11-18-19-17(20)23/h3-8,11H,1-2,9-10H2,(H,19,23). The lowest BCUT2D eigenvalue weighted by Gasteiger charge is -2.15. The predicted octanol–water partition coefficient (Wildman–Crippen LogP) is 2.48. The molecule has 3 heterocycles. The van der Waals surface area contributed by atoms with Gasteiger partial charge < -0.3 is 4.90 Å². The van der Waals surface area contributed by atoms with Crippen LogP contribution in [0.4, 0.5) is 5.69 Å². The van der Waals surface area contributed by atoms with E-state index >= 15 is 0 Å². The van der Waals surface area contributed by atoms with Gasteiger partial charge >= 0.3 is 5.69 Å². The van der Waals surface area contributed by atoms with Crippen molar-refractivity contribution in [2.75, 3.05) is 11.4 Å². The molecule has 0 spiro atoms. The molecule has 0 saturated carbocycles. The minimum Gasteiger partial charge on any atom is -0.312 e. The van der Waals surface area contributed by atoms with E-state index in [0.29, 0.717) is 13.0 Å². The first-order chi connectivity index (χ1) is 11.7. The number of carbonyl (C=O) groups is 1. The van der Waals surface area contributed by atoms with Gasteiger partial charge in [0.25, 0.3) is 0 Å². The van der Waals surface area contributed by atoms with Gasteiger partial charge in [-0.15, -0.1) is 11.3 Å². The summed E-state index contributed by atoms with van der Waals surface area (Å²) in [6, 6.07) is 12.2. The van der Waals surface area contributed by atoms with Gasteiger partial charge in [0.1, 0.15) is 6.33 Å². The number of H-pyrrole nitrogens is 1. The van der Waals surface area contributed by atoms with Crippen LogP contribution in [0.3, 0.4) is 0 Å². The molecule has 6 nitrogen and oxygen atoms in total. The third-order valence-electron chi connectivity index (χ3n) is 4.14. The van der Waals surface area contributed by atoms with Crippen LogP contribution in [0.5, 0.6) is 0 Å². The number of aromatic nitrogens is 3. The van der Waals surface area contributed by atoms with Crippen molar-refractivity contribution in [2.24, 2.45) is 0 Å². The van der Waals surface area contributed by atoms with Crippen molar-refractivity contribution < 1.29 is 4.79 Å². The lowest BCUT2D eigenvalue weighted by Crippen LogP contribution is -2.23. The SMILES string of the molecule is O=C1CCCN1c1ccc(-c2ccc(Cn3cn[nH]c3=O)s2)cc1. The summed E-state index contributed by atoms with van der Waals surface area (Å²) in [5.74, 6) is 0.201. The Labute approximate surface area is 142 Å². The fourth-order valence-electron chi connectivity index (χ4n) is 2.90. The summed E-state index contributed by atoms with van der Waals surface area (Å²) in [5, 5.41) is 6.13. The number of rotatable bonds is 4. The van der Waals surface area contributed by atoms with Crippen LogP contribution >= 0.6 is 11.3 Å². The summed E-state index contributed by atoms with van der Waals surface area (Å²) < 4.78 is 1.54. The van der Waals surface area contributed by atoms with E-state index in [9.17, 15) is 9.59 Å². The Balaban J connectivity index is 1.53. The first-order valence-corrected chi connectivity index (χ1v) is 8.62. The molecule has 2 aromatic heterocycles. The maximum absolute atomic E-state index is 11.8. The number of benzene rings is 1. The average molecular weight is 340 g/mol. The molecule has 1 aliphatic rings. The van der Waals surface area contributed by atoms with Crippen LogP contribution in [0.15, 0.2) is 47.5 Å². The van der Waals surface area contributed by atoms with Crippen LogP contribution in [-0.4, -0.2) is 27.2 Å². The molecule has 0 radical (unpaired) electrons. The monoisotopic (exact) mass is 340 g/mol. The molecular weight excluding hydrogens is 324 g/mol. The van der Waals surface area contributed by atoms with Gasteiger partial charge in [0.15, 0.2) is 0 Å². The number of aromatic amines is 1. The molecule has 0 unspecified atom stereocenters. The summed E-state index contributed by atoms with van der Waals surface area (Å²) in [6.45, 7) is 1.32. The van der Waals surface area contributed by atoms with Crippen molar-refractivity contribution in [2.45, 2.75) is 19.4 Å². The van der Waals surface area contributed by atoms with Crippen LogP contribution in [0, 0.1) is 0 Å². The highest BCUT2D eigenvalue weighted by Gasteiger charge is 2.21. The molecule has 3 aromatic rings. The number of nitrogens with zero attached hydrogens (tertiary/aromatic N) is 3. The van der Waals surface area contributed by atoms with Gasteiger partial charge in [0.2, 0.25) is 5.91 Å². The van der Waals surface area contributed by atoms with Gasteiger partial charge in [-0.05, 0) is 36.2 Å². The second-order valence-electron chi connectivity index (χ2n) is 5.75. The lowest BCUT2D eigenvalue weighted by atomic mass is 10.1. The van der Waals surface area contributed by atoms with E-state index < -0.39 is 0 Å². The minimum absolute atomic E-state index is 0.201. The zero-order valence-corrected chi connectivity index (χ0v) is 13.8. The number of nitrogens with one attached hydrogen (secondary N) is 1. The number of anilines is 1. The highest BCUT2D eigenvalue weighted by Crippen LogP contribution is 2.30. The summed E-state index contributed by atoms with van der Waals surface area (Å²) in [6.07, 6.45) is 3.08. The van der Waals surface area contributed by atoms with E-state index in [-0.39, 0.29) is 11.6 Å². The number of thiophene rings is 1. The van der Waals surface area contributed by atoms with Crippen LogP contribution in [0.25, 0.3) is 10.4 Å². The molecule has 1 amide bonds. The third-order valence-corrected chi connectivity index (χ3v) is 5.26. The molecule has 7 heteroatoms. The first-order valence-electron chi connectivity index (χ1n) is 7.80. The van der Waals surface area contributed by atoms with E-state index in [2.05, 4.69) is 16.3 Å². The number of hydrogen-bond acceptors (Lipinski definition) is 4. The Morgan fingerprint density at radius 1 is 1.12 bits per heavy atom. The zero-order valence-electron chi connectivity index (χ0n) is 12.9. The average Bonchev–Trinajstić information content (AvgIpc) is 3.31. The Hall–Kier alpha value is -2.67. The van der Waals surface area contributed by atoms with E-state index in [4.69, 9.17) is 0 Å². The fraction of sp³-hybridized carbons (Fsp3) is 0.235. The van der Waals surface area contributed by atoms with Gasteiger partial charge in [0.05, 0.1) is 6.54 Å². The molecule has 4 rings (SSSR count). The van der Waals surface area contributed by atoms with Crippen molar-refractivity contribution in [3.8, 4) is 10.4 Å². The molecule has 24 heavy (non-hydrogen) atoms. The van der Waals surface area contributed by atoms with E-state index in [0.717, 1.165) is 34.0 Å². The maximum atomic E-state index is 11.8. The highest BCUT2D eigenvalue weighted by molar-refractivity contribution is 7.15. The molecule has 122 valence electrons. The van der Waals surface area contributed by atoms with Crippen molar-refractivity contribution >= 4 is 22.9 Å². The molecular formula is C17H16N4O2S. The molecule has 0 aliphatic carbocycles. The topological polar surface area (TPSA) is 71.0 Å². The highest BCUT2D eigenvalue weighted by atomic mass is 32.1. The van der Waals surface area contributed by atoms with Gasteiger partial charge in [-0.3, -0.25) is 9.36 Å². The molecule has 1 aliphatic heterocycles. The predicted molar refractivity (Wildman–Crippen MR) is 93.3 cm³/mol. The van der Waals surface area contributed by atoms with Crippen molar-refractivity contribution in [3.63, 3.8) is 0 Å². The van der Waals surface area contributed by atoms with Gasteiger partial charge in [-0.25, -0.2) is 9.89 Å². The van der Waals surface area contributed by atoms with Crippen molar-refractivity contribution in [1.29, 1.82) is 0 Å². The Bertz CT molecular complexity index is 922. The summed E-state index contributed by atoms with van der Waals surface area (Å²) in [4.78, 5) is 27.4.